The van der Waals surface area contributed by atoms with Crippen molar-refractivity contribution in [3.8, 4) is 5.88 Å². The van der Waals surface area contributed by atoms with Crippen molar-refractivity contribution in [2.75, 3.05) is 0 Å². The van der Waals surface area contributed by atoms with Crippen molar-refractivity contribution < 1.29 is 4.74 Å². The van der Waals surface area contributed by atoms with Crippen LogP contribution in [0.1, 0.15) is 32.3 Å². The number of hydrogen-bond donors (Lipinski definition) is 1. The third-order valence-corrected chi connectivity index (χ3v) is 2.84. The van der Waals surface area contributed by atoms with Crippen molar-refractivity contribution in [3.63, 3.8) is 0 Å². The largest absolute Gasteiger partial charge is 0.474 e. The third kappa shape index (κ3) is 2.95. The minimum absolute atomic E-state index is 0.339. The van der Waals surface area contributed by atoms with Crippen LogP contribution >= 0.6 is 0 Å². The molecule has 1 heterocycles. The maximum absolute atomic E-state index is 5.77. The molecule has 1 aliphatic rings. The fourth-order valence-corrected chi connectivity index (χ4v) is 1.96. The highest BCUT2D eigenvalue weighted by molar-refractivity contribution is 5.16. The number of nitrogens with zero attached hydrogens (tertiary/aromatic N) is 1. The van der Waals surface area contributed by atoms with E-state index >= 15 is 0 Å². The van der Waals surface area contributed by atoms with Crippen LogP contribution in [0.5, 0.6) is 5.88 Å². The Bertz CT molecular complexity index is 328. The summed E-state index contributed by atoms with van der Waals surface area (Å²) >= 11 is 0. The molecule has 0 atom stereocenters. The molecule has 0 spiro atoms. The van der Waals surface area contributed by atoms with Gasteiger partial charge in [0.25, 0.3) is 0 Å². The molecule has 1 aliphatic carbocycles. The van der Waals surface area contributed by atoms with Gasteiger partial charge in [0.05, 0.1) is 0 Å². The Morgan fingerprint density at radius 1 is 1.38 bits per heavy atom. The average Bonchev–Trinajstić information content (AvgIpc) is 2.17. The first-order valence-electron chi connectivity index (χ1n) is 5.99. The van der Waals surface area contributed by atoms with Gasteiger partial charge in [0, 0.05) is 24.3 Å². The topological polar surface area (TPSA) is 34.1 Å². The van der Waals surface area contributed by atoms with Crippen LogP contribution in [0.25, 0.3) is 0 Å². The van der Waals surface area contributed by atoms with Crippen LogP contribution in [0.3, 0.4) is 0 Å². The molecular weight excluding hydrogens is 200 g/mol. The summed E-state index contributed by atoms with van der Waals surface area (Å²) in [6, 6.07) is 5.16. The molecule has 0 radical (unpaired) electrons. The number of hydrogen-bond acceptors (Lipinski definition) is 3. The molecule has 0 bridgehead atoms. The lowest BCUT2D eigenvalue weighted by molar-refractivity contribution is 0.0772. The monoisotopic (exact) mass is 220 g/mol. The molecule has 88 valence electrons. The predicted molar refractivity (Wildman–Crippen MR) is 64.7 cm³/mol. The Balaban J connectivity index is 1.75. The van der Waals surface area contributed by atoms with Crippen molar-refractivity contribution in [1.29, 1.82) is 0 Å². The van der Waals surface area contributed by atoms with Crippen LogP contribution in [0.15, 0.2) is 18.3 Å². The summed E-state index contributed by atoms with van der Waals surface area (Å²) in [5.74, 6) is 0.749. The maximum atomic E-state index is 5.77. The van der Waals surface area contributed by atoms with E-state index in [1.54, 1.807) is 0 Å². The summed E-state index contributed by atoms with van der Waals surface area (Å²) in [7, 11) is 0. The molecule has 0 saturated heterocycles. The Labute approximate surface area is 97.2 Å². The minimum Gasteiger partial charge on any atom is -0.474 e. The Hall–Kier alpha value is -1.09. The van der Waals surface area contributed by atoms with Gasteiger partial charge in [-0.25, -0.2) is 4.98 Å². The zero-order chi connectivity index (χ0) is 11.5. The van der Waals surface area contributed by atoms with Crippen LogP contribution in [-0.2, 0) is 0 Å². The van der Waals surface area contributed by atoms with E-state index in [0.717, 1.165) is 18.7 Å². The summed E-state index contributed by atoms with van der Waals surface area (Å²) in [6.45, 7) is 6.38. The molecule has 0 unspecified atom stereocenters. The van der Waals surface area contributed by atoms with Gasteiger partial charge in [-0.3, -0.25) is 0 Å². The number of nitrogens with one attached hydrogen (secondary N) is 1. The molecule has 0 aliphatic heterocycles. The van der Waals surface area contributed by atoms with Crippen LogP contribution in [-0.4, -0.2) is 23.2 Å². The van der Waals surface area contributed by atoms with Gasteiger partial charge in [0.2, 0.25) is 5.88 Å². The molecular formula is C13H20N2O. The second-order valence-electron chi connectivity index (χ2n) is 4.90. The molecule has 1 fully saturated rings. The number of ether oxygens (including phenoxy) is 1. The Kier molecular flexibility index (Phi) is 3.44. The molecule has 16 heavy (non-hydrogen) atoms. The number of rotatable bonds is 4. The van der Waals surface area contributed by atoms with Crippen molar-refractivity contribution in [2.24, 2.45) is 0 Å². The Morgan fingerprint density at radius 2 is 2.12 bits per heavy atom. The van der Waals surface area contributed by atoms with E-state index in [2.05, 4.69) is 24.1 Å². The first-order valence-corrected chi connectivity index (χ1v) is 5.99. The lowest BCUT2D eigenvalue weighted by Crippen LogP contribution is -2.49. The lowest BCUT2D eigenvalue weighted by Gasteiger charge is -2.36. The van der Waals surface area contributed by atoms with E-state index in [0.29, 0.717) is 18.2 Å². The molecule has 1 N–H and O–H groups in total. The summed E-state index contributed by atoms with van der Waals surface area (Å²) < 4.78 is 5.77. The Morgan fingerprint density at radius 3 is 2.69 bits per heavy atom. The van der Waals surface area contributed by atoms with Crippen molar-refractivity contribution in [2.45, 2.75) is 51.8 Å². The van der Waals surface area contributed by atoms with E-state index in [1.165, 1.54) is 5.56 Å². The molecule has 0 aromatic carbocycles. The van der Waals surface area contributed by atoms with Crippen LogP contribution in [0.2, 0.25) is 0 Å². The van der Waals surface area contributed by atoms with Crippen molar-refractivity contribution in [1.82, 2.24) is 10.3 Å². The zero-order valence-electron chi connectivity index (χ0n) is 10.2. The quantitative estimate of drug-likeness (QED) is 0.845. The van der Waals surface area contributed by atoms with Crippen molar-refractivity contribution in [3.05, 3.63) is 23.9 Å². The second-order valence-corrected chi connectivity index (χ2v) is 4.90. The highest BCUT2D eigenvalue weighted by Gasteiger charge is 2.31. The summed E-state index contributed by atoms with van der Waals surface area (Å²) in [5.41, 5.74) is 1.17. The van der Waals surface area contributed by atoms with Crippen molar-refractivity contribution >= 4 is 0 Å². The molecule has 1 aromatic rings. The fraction of sp³-hybridized carbons (Fsp3) is 0.615. The van der Waals surface area contributed by atoms with Crippen LogP contribution in [0, 0.1) is 6.92 Å². The number of pyridine rings is 1. The van der Waals surface area contributed by atoms with Gasteiger partial charge in [-0.15, -0.1) is 0 Å². The normalized spacial score (nSPS) is 24.2. The average molecular weight is 220 g/mol. The van der Waals surface area contributed by atoms with Crippen LogP contribution < -0.4 is 10.1 Å². The highest BCUT2D eigenvalue weighted by atomic mass is 16.5. The number of aromatic nitrogens is 1. The van der Waals surface area contributed by atoms with Gasteiger partial charge in [0.15, 0.2) is 0 Å². The molecule has 3 heteroatoms. The summed E-state index contributed by atoms with van der Waals surface area (Å²) in [4.78, 5) is 4.24. The summed E-state index contributed by atoms with van der Waals surface area (Å²) in [6.07, 6.45) is 4.37. The van der Waals surface area contributed by atoms with Gasteiger partial charge in [-0.05, 0) is 25.3 Å². The van der Waals surface area contributed by atoms with E-state index in [9.17, 15) is 0 Å². The van der Waals surface area contributed by atoms with E-state index < -0.39 is 0 Å². The van der Waals surface area contributed by atoms with Gasteiger partial charge in [0.1, 0.15) is 6.10 Å². The molecule has 1 aromatic heterocycles. The molecule has 1 saturated carbocycles. The fourth-order valence-electron chi connectivity index (χ4n) is 1.96. The van der Waals surface area contributed by atoms with Crippen LogP contribution in [0.4, 0.5) is 0 Å². The van der Waals surface area contributed by atoms with Gasteiger partial charge < -0.3 is 10.1 Å². The number of aryl methyl sites for hydroxylation is 1. The van der Waals surface area contributed by atoms with Gasteiger partial charge >= 0.3 is 0 Å². The lowest BCUT2D eigenvalue weighted by atomic mass is 9.89. The SMILES string of the molecule is Cc1ccc(OC2CC(NC(C)C)C2)nc1. The predicted octanol–water partition coefficient (Wildman–Crippen LogP) is 2.30. The minimum atomic E-state index is 0.339. The smallest absolute Gasteiger partial charge is 0.213 e. The summed E-state index contributed by atoms with van der Waals surface area (Å²) in [5, 5.41) is 3.50. The molecule has 3 nitrogen and oxygen atoms in total. The highest BCUT2D eigenvalue weighted by Crippen LogP contribution is 2.25. The van der Waals surface area contributed by atoms with E-state index in [4.69, 9.17) is 4.74 Å². The molecule has 0 amide bonds. The van der Waals surface area contributed by atoms with Gasteiger partial charge in [-0.1, -0.05) is 19.9 Å². The van der Waals surface area contributed by atoms with E-state index in [-0.39, 0.29) is 0 Å². The standard InChI is InChI=1S/C13H20N2O/c1-9(2)15-11-6-12(7-11)16-13-5-4-10(3)8-14-13/h4-5,8-9,11-12,15H,6-7H2,1-3H3. The molecule has 2 rings (SSSR count). The van der Waals surface area contributed by atoms with E-state index in [1.807, 2.05) is 25.3 Å². The third-order valence-electron chi connectivity index (χ3n) is 2.84. The second kappa shape index (κ2) is 4.83. The van der Waals surface area contributed by atoms with Gasteiger partial charge in [-0.2, -0.15) is 0 Å². The maximum Gasteiger partial charge on any atom is 0.213 e. The first-order chi connectivity index (χ1) is 7.63. The zero-order valence-corrected chi connectivity index (χ0v) is 10.2. The first kappa shape index (κ1) is 11.4.